The summed E-state index contributed by atoms with van der Waals surface area (Å²) in [6.07, 6.45) is 1.24. The molecule has 1 aromatic heterocycles. The number of carbonyl (C=O) groups is 1. The number of hydrogen-bond donors (Lipinski definition) is 0. The molecule has 1 saturated heterocycles. The Morgan fingerprint density at radius 1 is 1.28 bits per heavy atom. The van der Waals surface area contributed by atoms with Crippen molar-refractivity contribution in [2.24, 2.45) is 0 Å². The summed E-state index contributed by atoms with van der Waals surface area (Å²) in [6.45, 7) is 8.66. The Morgan fingerprint density at radius 2 is 1.97 bits per heavy atom. The van der Waals surface area contributed by atoms with Crippen LogP contribution in [0, 0.1) is 18.3 Å². The SMILES string of the molecule is COc1ccc(-c2nc(C)nn2C2CCN(C(=O)OC(C)(C)C)CC2)cc1C#N. The van der Waals surface area contributed by atoms with Crippen LogP contribution >= 0.6 is 0 Å². The number of nitriles is 1. The molecular formula is C21H27N5O3. The Kier molecular flexibility index (Phi) is 5.78. The molecule has 1 aromatic carbocycles. The first-order valence-corrected chi connectivity index (χ1v) is 9.71. The van der Waals surface area contributed by atoms with E-state index < -0.39 is 5.60 Å². The van der Waals surface area contributed by atoms with E-state index in [1.807, 2.05) is 38.4 Å². The maximum Gasteiger partial charge on any atom is 0.410 e. The van der Waals surface area contributed by atoms with Gasteiger partial charge in [0.25, 0.3) is 0 Å². The Labute approximate surface area is 171 Å². The van der Waals surface area contributed by atoms with Crippen molar-refractivity contribution >= 4 is 6.09 Å². The molecular weight excluding hydrogens is 370 g/mol. The van der Waals surface area contributed by atoms with Crippen molar-refractivity contribution in [3.8, 4) is 23.2 Å². The monoisotopic (exact) mass is 397 g/mol. The number of ether oxygens (including phenoxy) is 2. The minimum absolute atomic E-state index is 0.123. The van der Waals surface area contributed by atoms with Crippen LogP contribution in [-0.4, -0.2) is 51.6 Å². The van der Waals surface area contributed by atoms with Gasteiger partial charge in [-0.2, -0.15) is 10.4 Å². The van der Waals surface area contributed by atoms with Crippen molar-refractivity contribution in [1.29, 1.82) is 5.26 Å². The quantitative estimate of drug-likeness (QED) is 0.784. The summed E-state index contributed by atoms with van der Waals surface area (Å²) in [6, 6.07) is 7.71. The highest BCUT2D eigenvalue weighted by Crippen LogP contribution is 2.30. The number of aromatic nitrogens is 3. The highest BCUT2D eigenvalue weighted by Gasteiger charge is 2.29. The average Bonchev–Trinajstić information content (AvgIpc) is 3.08. The lowest BCUT2D eigenvalue weighted by Crippen LogP contribution is -2.42. The molecule has 0 spiro atoms. The van der Waals surface area contributed by atoms with Gasteiger partial charge in [-0.3, -0.25) is 0 Å². The molecule has 8 heteroatoms. The summed E-state index contributed by atoms with van der Waals surface area (Å²) in [4.78, 5) is 18.6. The standard InChI is InChI=1S/C21H27N5O3/c1-14-23-19(15-6-7-18(28-5)16(12-15)13-22)26(24-14)17-8-10-25(11-9-17)20(27)29-21(2,3)4/h6-7,12,17H,8-11H2,1-5H3. The van der Waals surface area contributed by atoms with Crippen molar-refractivity contribution in [2.45, 2.75) is 52.2 Å². The number of hydrogen-bond acceptors (Lipinski definition) is 6. The molecule has 2 aromatic rings. The fourth-order valence-electron chi connectivity index (χ4n) is 3.44. The third-order valence-electron chi connectivity index (χ3n) is 4.78. The number of rotatable bonds is 3. The zero-order chi connectivity index (χ0) is 21.2. The first kappa shape index (κ1) is 20.6. The van der Waals surface area contributed by atoms with Crippen LogP contribution in [0.15, 0.2) is 18.2 Å². The molecule has 0 aliphatic carbocycles. The van der Waals surface area contributed by atoms with E-state index in [0.717, 1.165) is 24.2 Å². The van der Waals surface area contributed by atoms with Crippen LogP contribution in [-0.2, 0) is 4.74 Å². The van der Waals surface area contributed by atoms with E-state index in [1.54, 1.807) is 24.1 Å². The summed E-state index contributed by atoms with van der Waals surface area (Å²) < 4.78 is 12.6. The van der Waals surface area contributed by atoms with Crippen LogP contribution in [0.2, 0.25) is 0 Å². The van der Waals surface area contributed by atoms with Crippen molar-refractivity contribution in [3.05, 3.63) is 29.6 Å². The van der Waals surface area contributed by atoms with E-state index in [2.05, 4.69) is 16.2 Å². The average molecular weight is 397 g/mol. The Balaban J connectivity index is 1.79. The predicted molar refractivity (Wildman–Crippen MR) is 108 cm³/mol. The molecule has 0 atom stereocenters. The molecule has 1 aliphatic rings. The zero-order valence-electron chi connectivity index (χ0n) is 17.6. The third-order valence-corrected chi connectivity index (χ3v) is 4.78. The van der Waals surface area contributed by atoms with Gasteiger partial charge in [0.1, 0.15) is 23.2 Å². The van der Waals surface area contributed by atoms with E-state index in [-0.39, 0.29) is 12.1 Å². The van der Waals surface area contributed by atoms with Gasteiger partial charge in [0.05, 0.1) is 18.7 Å². The maximum atomic E-state index is 12.3. The number of aryl methyl sites for hydroxylation is 1. The largest absolute Gasteiger partial charge is 0.495 e. The van der Waals surface area contributed by atoms with E-state index in [9.17, 15) is 10.1 Å². The van der Waals surface area contributed by atoms with Crippen molar-refractivity contribution in [3.63, 3.8) is 0 Å². The minimum Gasteiger partial charge on any atom is -0.495 e. The van der Waals surface area contributed by atoms with Gasteiger partial charge in [-0.05, 0) is 58.7 Å². The van der Waals surface area contributed by atoms with E-state index in [1.165, 1.54) is 0 Å². The number of amides is 1. The van der Waals surface area contributed by atoms with Gasteiger partial charge >= 0.3 is 6.09 Å². The van der Waals surface area contributed by atoms with E-state index in [0.29, 0.717) is 30.2 Å². The maximum absolute atomic E-state index is 12.3. The second kappa shape index (κ2) is 8.11. The molecule has 0 bridgehead atoms. The van der Waals surface area contributed by atoms with Crippen LogP contribution in [0.5, 0.6) is 5.75 Å². The predicted octanol–water partition coefficient (Wildman–Crippen LogP) is 3.71. The molecule has 0 saturated carbocycles. The summed E-state index contributed by atoms with van der Waals surface area (Å²) in [5, 5.41) is 14.0. The molecule has 0 unspecified atom stereocenters. The minimum atomic E-state index is -0.503. The third kappa shape index (κ3) is 4.67. The van der Waals surface area contributed by atoms with Gasteiger partial charge < -0.3 is 14.4 Å². The number of carbonyl (C=O) groups excluding carboxylic acids is 1. The molecule has 154 valence electrons. The fraction of sp³-hybridized carbons (Fsp3) is 0.524. The zero-order valence-corrected chi connectivity index (χ0v) is 17.6. The van der Waals surface area contributed by atoms with Gasteiger partial charge in [0.2, 0.25) is 0 Å². The van der Waals surface area contributed by atoms with Crippen LogP contribution in [0.3, 0.4) is 0 Å². The molecule has 1 fully saturated rings. The Bertz CT molecular complexity index is 931. The topological polar surface area (TPSA) is 93.3 Å². The van der Waals surface area contributed by atoms with E-state index in [4.69, 9.17) is 9.47 Å². The van der Waals surface area contributed by atoms with Gasteiger partial charge in [-0.1, -0.05) is 0 Å². The number of methoxy groups -OCH3 is 1. The number of likely N-dealkylation sites (tertiary alicyclic amines) is 1. The summed E-state index contributed by atoms with van der Waals surface area (Å²) in [5.41, 5.74) is 0.770. The van der Waals surface area contributed by atoms with Gasteiger partial charge in [-0.15, -0.1) is 0 Å². The smallest absolute Gasteiger partial charge is 0.410 e. The van der Waals surface area contributed by atoms with Crippen LogP contribution in [0.4, 0.5) is 4.79 Å². The lowest BCUT2D eigenvalue weighted by Gasteiger charge is -2.33. The van der Waals surface area contributed by atoms with Gasteiger partial charge in [0, 0.05) is 18.7 Å². The second-order valence-corrected chi connectivity index (χ2v) is 8.15. The lowest BCUT2D eigenvalue weighted by molar-refractivity contribution is 0.0185. The Morgan fingerprint density at radius 3 is 2.55 bits per heavy atom. The number of piperidine rings is 1. The molecule has 3 rings (SSSR count). The normalized spacial score (nSPS) is 15.1. The first-order valence-electron chi connectivity index (χ1n) is 9.71. The number of benzene rings is 1. The summed E-state index contributed by atoms with van der Waals surface area (Å²) in [7, 11) is 1.54. The van der Waals surface area contributed by atoms with Gasteiger partial charge in [0.15, 0.2) is 5.82 Å². The molecule has 8 nitrogen and oxygen atoms in total. The highest BCUT2D eigenvalue weighted by atomic mass is 16.6. The molecule has 29 heavy (non-hydrogen) atoms. The molecule has 0 radical (unpaired) electrons. The van der Waals surface area contributed by atoms with Crippen LogP contribution < -0.4 is 4.74 Å². The second-order valence-electron chi connectivity index (χ2n) is 8.15. The number of nitrogens with zero attached hydrogens (tertiary/aromatic N) is 5. The first-order chi connectivity index (χ1) is 13.7. The van der Waals surface area contributed by atoms with Crippen LogP contribution in [0.1, 0.15) is 51.0 Å². The van der Waals surface area contributed by atoms with Crippen molar-refractivity contribution in [1.82, 2.24) is 19.7 Å². The van der Waals surface area contributed by atoms with Crippen molar-refractivity contribution in [2.75, 3.05) is 20.2 Å². The molecule has 0 N–H and O–H groups in total. The summed E-state index contributed by atoms with van der Waals surface area (Å²) >= 11 is 0. The van der Waals surface area contributed by atoms with Crippen LogP contribution in [0.25, 0.3) is 11.4 Å². The lowest BCUT2D eigenvalue weighted by atomic mass is 10.0. The highest BCUT2D eigenvalue weighted by molar-refractivity contribution is 5.68. The van der Waals surface area contributed by atoms with Gasteiger partial charge in [-0.25, -0.2) is 14.5 Å². The Hall–Kier alpha value is -3.08. The molecule has 1 aliphatic heterocycles. The van der Waals surface area contributed by atoms with E-state index >= 15 is 0 Å². The molecule has 2 heterocycles. The molecule has 1 amide bonds. The fourth-order valence-corrected chi connectivity index (χ4v) is 3.44. The summed E-state index contributed by atoms with van der Waals surface area (Å²) in [5.74, 6) is 1.92. The van der Waals surface area contributed by atoms with Crippen molar-refractivity contribution < 1.29 is 14.3 Å².